The van der Waals surface area contributed by atoms with E-state index in [0.717, 1.165) is 23.5 Å². The molecule has 2 aromatic carbocycles. The van der Waals surface area contributed by atoms with Crippen LogP contribution in [0.4, 0.5) is 0 Å². The average molecular weight is 269 g/mol. The molecule has 0 radical (unpaired) electrons. The van der Waals surface area contributed by atoms with E-state index in [0.29, 0.717) is 0 Å². The SMILES string of the molecule is CCC(N)c1ccc(Oc2cc(C)cc(C)c2C)cc1. The molecular formula is C18H23NO. The van der Waals surface area contributed by atoms with Gasteiger partial charge in [0.15, 0.2) is 0 Å². The molecule has 2 aromatic rings. The number of hydrogen-bond donors (Lipinski definition) is 1. The van der Waals surface area contributed by atoms with Gasteiger partial charge < -0.3 is 10.5 Å². The van der Waals surface area contributed by atoms with E-state index in [1.54, 1.807) is 0 Å². The average Bonchev–Trinajstić information content (AvgIpc) is 2.44. The highest BCUT2D eigenvalue weighted by atomic mass is 16.5. The minimum Gasteiger partial charge on any atom is -0.457 e. The smallest absolute Gasteiger partial charge is 0.130 e. The van der Waals surface area contributed by atoms with Gasteiger partial charge in [-0.05, 0) is 67.6 Å². The number of rotatable bonds is 4. The second kappa shape index (κ2) is 6.10. The Hall–Kier alpha value is -1.80. The molecule has 0 heterocycles. The van der Waals surface area contributed by atoms with Crippen LogP contribution in [0.1, 0.15) is 41.6 Å². The van der Waals surface area contributed by atoms with Crippen LogP contribution in [-0.2, 0) is 0 Å². The van der Waals surface area contributed by atoms with Gasteiger partial charge in [-0.3, -0.25) is 0 Å². The largest absolute Gasteiger partial charge is 0.457 e. The summed E-state index contributed by atoms with van der Waals surface area (Å²) < 4.78 is 6.00. The van der Waals surface area contributed by atoms with Crippen LogP contribution in [0.3, 0.4) is 0 Å². The highest BCUT2D eigenvalue weighted by molar-refractivity contribution is 5.44. The maximum Gasteiger partial charge on any atom is 0.130 e. The van der Waals surface area contributed by atoms with Crippen molar-refractivity contribution in [2.75, 3.05) is 0 Å². The van der Waals surface area contributed by atoms with Gasteiger partial charge in [0.25, 0.3) is 0 Å². The first-order chi connectivity index (χ1) is 9.51. The highest BCUT2D eigenvalue weighted by Crippen LogP contribution is 2.29. The van der Waals surface area contributed by atoms with Crippen LogP contribution >= 0.6 is 0 Å². The Bertz CT molecular complexity index is 587. The van der Waals surface area contributed by atoms with Gasteiger partial charge in [-0.25, -0.2) is 0 Å². The molecule has 1 unspecified atom stereocenters. The van der Waals surface area contributed by atoms with E-state index in [1.807, 2.05) is 24.3 Å². The third kappa shape index (κ3) is 3.20. The van der Waals surface area contributed by atoms with Crippen LogP contribution in [0.25, 0.3) is 0 Å². The lowest BCUT2D eigenvalue weighted by atomic mass is 10.0. The van der Waals surface area contributed by atoms with Gasteiger partial charge in [0.2, 0.25) is 0 Å². The fraction of sp³-hybridized carbons (Fsp3) is 0.333. The molecule has 0 aliphatic carbocycles. The summed E-state index contributed by atoms with van der Waals surface area (Å²) in [7, 11) is 0. The second-order valence-corrected chi connectivity index (χ2v) is 5.39. The number of aryl methyl sites for hydroxylation is 2. The summed E-state index contributed by atoms with van der Waals surface area (Å²) in [6, 6.07) is 12.4. The first kappa shape index (κ1) is 14.6. The first-order valence-corrected chi connectivity index (χ1v) is 7.12. The quantitative estimate of drug-likeness (QED) is 0.864. The zero-order chi connectivity index (χ0) is 14.7. The van der Waals surface area contributed by atoms with E-state index < -0.39 is 0 Å². The minimum absolute atomic E-state index is 0.104. The summed E-state index contributed by atoms with van der Waals surface area (Å²) in [5.41, 5.74) is 10.8. The molecule has 0 bridgehead atoms. The minimum atomic E-state index is 0.104. The first-order valence-electron chi connectivity index (χ1n) is 7.12. The molecule has 2 rings (SSSR count). The van der Waals surface area contributed by atoms with Crippen LogP contribution in [-0.4, -0.2) is 0 Å². The van der Waals surface area contributed by atoms with Gasteiger partial charge in [0.05, 0.1) is 0 Å². The third-order valence-electron chi connectivity index (χ3n) is 3.74. The number of ether oxygens (including phenoxy) is 1. The number of hydrogen-bond acceptors (Lipinski definition) is 2. The second-order valence-electron chi connectivity index (χ2n) is 5.39. The lowest BCUT2D eigenvalue weighted by molar-refractivity contribution is 0.477. The van der Waals surface area contributed by atoms with Crippen molar-refractivity contribution in [3.05, 3.63) is 58.7 Å². The number of nitrogens with two attached hydrogens (primary N) is 1. The molecule has 20 heavy (non-hydrogen) atoms. The summed E-state index contributed by atoms with van der Waals surface area (Å²) in [6.07, 6.45) is 0.941. The lowest BCUT2D eigenvalue weighted by Gasteiger charge is -2.13. The van der Waals surface area contributed by atoms with Crippen LogP contribution < -0.4 is 10.5 Å². The van der Waals surface area contributed by atoms with Crippen LogP contribution in [0, 0.1) is 20.8 Å². The van der Waals surface area contributed by atoms with Gasteiger partial charge in [0.1, 0.15) is 11.5 Å². The molecular weight excluding hydrogens is 246 g/mol. The van der Waals surface area contributed by atoms with Crippen molar-refractivity contribution in [1.29, 1.82) is 0 Å². The van der Waals surface area contributed by atoms with Crippen LogP contribution in [0.2, 0.25) is 0 Å². The Balaban J connectivity index is 2.22. The van der Waals surface area contributed by atoms with Crippen molar-refractivity contribution in [3.8, 4) is 11.5 Å². The van der Waals surface area contributed by atoms with Crippen molar-refractivity contribution in [2.24, 2.45) is 5.73 Å². The van der Waals surface area contributed by atoms with E-state index in [2.05, 4.69) is 39.8 Å². The van der Waals surface area contributed by atoms with Crippen molar-refractivity contribution in [2.45, 2.75) is 40.2 Å². The van der Waals surface area contributed by atoms with Gasteiger partial charge in [-0.1, -0.05) is 25.1 Å². The van der Waals surface area contributed by atoms with Gasteiger partial charge in [0, 0.05) is 6.04 Å². The molecule has 0 aromatic heterocycles. The summed E-state index contributed by atoms with van der Waals surface area (Å²) in [5.74, 6) is 1.78. The highest BCUT2D eigenvalue weighted by Gasteiger charge is 2.07. The topological polar surface area (TPSA) is 35.2 Å². The van der Waals surface area contributed by atoms with E-state index in [-0.39, 0.29) is 6.04 Å². The Morgan fingerprint density at radius 1 is 1.05 bits per heavy atom. The Kier molecular flexibility index (Phi) is 4.46. The Morgan fingerprint density at radius 2 is 1.70 bits per heavy atom. The van der Waals surface area contributed by atoms with E-state index in [4.69, 9.17) is 10.5 Å². The fourth-order valence-electron chi connectivity index (χ4n) is 2.25. The molecule has 1 atom stereocenters. The molecule has 0 saturated heterocycles. The van der Waals surface area contributed by atoms with Crippen molar-refractivity contribution in [3.63, 3.8) is 0 Å². The van der Waals surface area contributed by atoms with Crippen LogP contribution in [0.15, 0.2) is 36.4 Å². The maximum absolute atomic E-state index is 6.02. The van der Waals surface area contributed by atoms with E-state index >= 15 is 0 Å². The normalized spacial score (nSPS) is 12.2. The molecule has 2 heteroatoms. The predicted octanol–water partition coefficient (Wildman–Crippen LogP) is 4.81. The molecule has 106 valence electrons. The summed E-state index contributed by atoms with van der Waals surface area (Å²) in [6.45, 7) is 8.38. The molecule has 0 aliphatic rings. The molecule has 0 amide bonds. The van der Waals surface area contributed by atoms with Crippen molar-refractivity contribution < 1.29 is 4.74 Å². The van der Waals surface area contributed by atoms with Crippen molar-refractivity contribution in [1.82, 2.24) is 0 Å². The summed E-state index contributed by atoms with van der Waals surface area (Å²) in [4.78, 5) is 0. The summed E-state index contributed by atoms with van der Waals surface area (Å²) in [5, 5.41) is 0. The molecule has 0 saturated carbocycles. The molecule has 2 nitrogen and oxygen atoms in total. The third-order valence-corrected chi connectivity index (χ3v) is 3.74. The van der Waals surface area contributed by atoms with Crippen molar-refractivity contribution >= 4 is 0 Å². The monoisotopic (exact) mass is 269 g/mol. The lowest BCUT2D eigenvalue weighted by Crippen LogP contribution is -2.08. The van der Waals surface area contributed by atoms with Crippen LogP contribution in [0.5, 0.6) is 11.5 Å². The zero-order valence-electron chi connectivity index (χ0n) is 12.7. The summed E-state index contributed by atoms with van der Waals surface area (Å²) >= 11 is 0. The fourth-order valence-corrected chi connectivity index (χ4v) is 2.25. The van der Waals surface area contributed by atoms with Gasteiger partial charge in [-0.2, -0.15) is 0 Å². The molecule has 0 aliphatic heterocycles. The van der Waals surface area contributed by atoms with Gasteiger partial charge in [-0.15, -0.1) is 0 Å². The maximum atomic E-state index is 6.02. The standard InChI is InChI=1S/C18H23NO/c1-5-17(19)15-6-8-16(9-7-15)20-18-11-12(2)10-13(3)14(18)4/h6-11,17H,5,19H2,1-4H3. The number of benzene rings is 2. The van der Waals surface area contributed by atoms with E-state index in [1.165, 1.54) is 16.7 Å². The predicted molar refractivity (Wildman–Crippen MR) is 84.4 cm³/mol. The molecule has 0 fully saturated rings. The Labute approximate surface area is 121 Å². The van der Waals surface area contributed by atoms with E-state index in [9.17, 15) is 0 Å². The Morgan fingerprint density at radius 3 is 2.30 bits per heavy atom. The van der Waals surface area contributed by atoms with Gasteiger partial charge >= 0.3 is 0 Å². The molecule has 0 spiro atoms. The zero-order valence-corrected chi connectivity index (χ0v) is 12.7. The molecule has 2 N–H and O–H groups in total.